The van der Waals surface area contributed by atoms with Crippen molar-refractivity contribution in [1.29, 1.82) is 0 Å². The Balaban J connectivity index is 1.73. The first-order valence-corrected chi connectivity index (χ1v) is 9.49. The molecule has 2 aliphatic heterocycles. The molecular weight excluding hydrogens is 350 g/mol. The van der Waals surface area contributed by atoms with Gasteiger partial charge in [-0.2, -0.15) is 0 Å². The van der Waals surface area contributed by atoms with Gasteiger partial charge in [0.2, 0.25) is 11.8 Å². The normalized spacial score (nSPS) is 29.5. The van der Waals surface area contributed by atoms with Crippen LogP contribution in [0.2, 0.25) is 5.02 Å². The third-order valence-corrected chi connectivity index (χ3v) is 6.41. The molecule has 2 heterocycles. The Kier molecular flexibility index (Phi) is 5.06. The molecule has 0 aromatic heterocycles. The molecule has 2 amide bonds. The van der Waals surface area contributed by atoms with Gasteiger partial charge in [0, 0.05) is 49.0 Å². The highest BCUT2D eigenvalue weighted by atomic mass is 35.5. The molecule has 142 valence electrons. The predicted molar refractivity (Wildman–Crippen MR) is 103 cm³/mol. The summed E-state index contributed by atoms with van der Waals surface area (Å²) in [4.78, 5) is 29.0. The maximum absolute atomic E-state index is 13.0. The van der Waals surface area contributed by atoms with Crippen LogP contribution in [0.15, 0.2) is 24.3 Å². The summed E-state index contributed by atoms with van der Waals surface area (Å²) in [5.41, 5.74) is 1.15. The van der Waals surface area contributed by atoms with Gasteiger partial charge in [0.1, 0.15) is 0 Å². The minimum atomic E-state index is -0.332. The summed E-state index contributed by atoms with van der Waals surface area (Å²) in [6.45, 7) is 9.63. The highest BCUT2D eigenvalue weighted by molar-refractivity contribution is 6.30. The van der Waals surface area contributed by atoms with Crippen molar-refractivity contribution in [2.75, 3.05) is 33.2 Å². The minimum Gasteiger partial charge on any atom is -0.349 e. The number of benzene rings is 1. The zero-order valence-electron chi connectivity index (χ0n) is 16.0. The van der Waals surface area contributed by atoms with E-state index in [1.54, 1.807) is 12.1 Å². The molecule has 3 rings (SSSR count). The summed E-state index contributed by atoms with van der Waals surface area (Å²) in [6.07, 6.45) is 0.267. The van der Waals surface area contributed by atoms with Gasteiger partial charge in [0.15, 0.2) is 0 Å². The van der Waals surface area contributed by atoms with Crippen molar-refractivity contribution in [3.8, 4) is 0 Å². The van der Waals surface area contributed by atoms with E-state index in [1.165, 1.54) is 6.92 Å². The Bertz CT molecular complexity index is 688. The van der Waals surface area contributed by atoms with Crippen LogP contribution in [0.4, 0.5) is 0 Å². The SMILES string of the molecule is CC(=O)NC(CC(=O)N1CC2(C)CN(C)CC2(C)C1)c1ccc(Cl)cc1. The molecule has 1 N–H and O–H groups in total. The second kappa shape index (κ2) is 6.86. The molecule has 3 unspecified atom stereocenters. The van der Waals surface area contributed by atoms with Crippen molar-refractivity contribution >= 4 is 23.4 Å². The van der Waals surface area contributed by atoms with E-state index in [0.29, 0.717) is 5.02 Å². The number of halogens is 1. The summed E-state index contributed by atoms with van der Waals surface area (Å²) < 4.78 is 0. The van der Waals surface area contributed by atoms with Gasteiger partial charge in [0.25, 0.3) is 0 Å². The highest BCUT2D eigenvalue weighted by Gasteiger charge is 2.57. The fraction of sp³-hybridized carbons (Fsp3) is 0.600. The van der Waals surface area contributed by atoms with Crippen molar-refractivity contribution in [2.45, 2.75) is 33.2 Å². The summed E-state index contributed by atoms with van der Waals surface area (Å²) in [5, 5.41) is 3.55. The van der Waals surface area contributed by atoms with E-state index in [-0.39, 0.29) is 35.1 Å². The Morgan fingerprint density at radius 3 is 2.15 bits per heavy atom. The lowest BCUT2D eigenvalue weighted by molar-refractivity contribution is -0.131. The van der Waals surface area contributed by atoms with E-state index < -0.39 is 0 Å². The predicted octanol–water partition coefficient (Wildman–Crippen LogP) is 2.71. The largest absolute Gasteiger partial charge is 0.349 e. The van der Waals surface area contributed by atoms with Gasteiger partial charge in [-0.3, -0.25) is 9.59 Å². The average molecular weight is 378 g/mol. The van der Waals surface area contributed by atoms with Crippen LogP contribution in [0.3, 0.4) is 0 Å². The van der Waals surface area contributed by atoms with Gasteiger partial charge >= 0.3 is 0 Å². The van der Waals surface area contributed by atoms with Crippen LogP contribution in [-0.2, 0) is 9.59 Å². The summed E-state index contributed by atoms with van der Waals surface area (Å²) in [5.74, 6) is -0.0465. The fourth-order valence-corrected chi connectivity index (χ4v) is 4.81. The van der Waals surface area contributed by atoms with Crippen molar-refractivity contribution in [2.24, 2.45) is 10.8 Å². The number of rotatable bonds is 4. The molecule has 26 heavy (non-hydrogen) atoms. The number of nitrogens with zero attached hydrogens (tertiary/aromatic N) is 2. The summed E-state index contributed by atoms with van der Waals surface area (Å²) >= 11 is 5.96. The maximum atomic E-state index is 13.0. The van der Waals surface area contributed by atoms with Gasteiger partial charge in [-0.05, 0) is 24.7 Å². The molecular formula is C20H28ClN3O2. The molecule has 1 aromatic rings. The molecule has 3 atom stereocenters. The first-order valence-electron chi connectivity index (χ1n) is 9.11. The Hall–Kier alpha value is -1.59. The third kappa shape index (κ3) is 3.60. The van der Waals surface area contributed by atoms with Gasteiger partial charge in [-0.15, -0.1) is 0 Å². The van der Waals surface area contributed by atoms with Crippen LogP contribution in [0, 0.1) is 10.8 Å². The quantitative estimate of drug-likeness (QED) is 0.877. The first kappa shape index (κ1) is 19.2. The number of carbonyl (C=O) groups excluding carboxylic acids is 2. The van der Waals surface area contributed by atoms with Crippen LogP contribution in [0.1, 0.15) is 38.8 Å². The van der Waals surface area contributed by atoms with Crippen molar-refractivity contribution in [1.82, 2.24) is 15.1 Å². The smallest absolute Gasteiger partial charge is 0.225 e. The molecule has 0 bridgehead atoms. The van der Waals surface area contributed by atoms with E-state index in [2.05, 4.69) is 31.1 Å². The molecule has 6 heteroatoms. The van der Waals surface area contributed by atoms with Crippen molar-refractivity contribution in [3.05, 3.63) is 34.9 Å². The van der Waals surface area contributed by atoms with Crippen molar-refractivity contribution in [3.63, 3.8) is 0 Å². The molecule has 0 radical (unpaired) electrons. The second-order valence-electron chi connectivity index (χ2n) is 8.55. The number of carbonyl (C=O) groups is 2. The second-order valence-corrected chi connectivity index (χ2v) is 8.99. The van der Waals surface area contributed by atoms with Gasteiger partial charge in [-0.1, -0.05) is 37.6 Å². The van der Waals surface area contributed by atoms with E-state index >= 15 is 0 Å². The van der Waals surface area contributed by atoms with Crippen LogP contribution in [0.25, 0.3) is 0 Å². The van der Waals surface area contributed by atoms with Crippen LogP contribution in [-0.4, -0.2) is 54.8 Å². The molecule has 5 nitrogen and oxygen atoms in total. The first-order chi connectivity index (χ1) is 12.1. The number of fused-ring (bicyclic) bond motifs is 1. The molecule has 0 spiro atoms. The molecule has 0 aliphatic carbocycles. The number of amides is 2. The van der Waals surface area contributed by atoms with E-state index in [9.17, 15) is 9.59 Å². The Labute approximate surface area is 160 Å². The third-order valence-electron chi connectivity index (χ3n) is 6.16. The fourth-order valence-electron chi connectivity index (χ4n) is 4.68. The van der Waals surface area contributed by atoms with Crippen molar-refractivity contribution < 1.29 is 9.59 Å². The minimum absolute atomic E-state index is 0.0956. The van der Waals surface area contributed by atoms with E-state index in [1.807, 2.05) is 17.0 Å². The lowest BCUT2D eigenvalue weighted by Gasteiger charge is -2.30. The zero-order valence-corrected chi connectivity index (χ0v) is 16.8. The number of hydrogen-bond acceptors (Lipinski definition) is 3. The zero-order chi connectivity index (χ0) is 19.1. The summed E-state index contributed by atoms with van der Waals surface area (Å²) in [6, 6.07) is 6.97. The van der Waals surface area contributed by atoms with Gasteiger partial charge < -0.3 is 15.1 Å². The highest BCUT2D eigenvalue weighted by Crippen LogP contribution is 2.51. The van der Waals surface area contributed by atoms with E-state index in [4.69, 9.17) is 11.6 Å². The standard InChI is InChI=1S/C20H28ClN3O2/c1-14(25)22-17(15-5-7-16(21)8-6-15)9-18(26)24-12-19(2)10-23(4)11-20(19,3)13-24/h5-8,17H,9-13H2,1-4H3,(H,22,25). The number of nitrogens with one attached hydrogen (secondary N) is 1. The number of likely N-dealkylation sites (tertiary alicyclic amines) is 2. The Morgan fingerprint density at radius 1 is 1.12 bits per heavy atom. The van der Waals surface area contributed by atoms with E-state index in [0.717, 1.165) is 31.7 Å². The van der Waals surface area contributed by atoms with Crippen LogP contribution >= 0.6 is 11.6 Å². The number of hydrogen-bond donors (Lipinski definition) is 1. The lowest BCUT2D eigenvalue weighted by Crippen LogP contribution is -2.37. The van der Waals surface area contributed by atoms with Crippen LogP contribution < -0.4 is 5.32 Å². The Morgan fingerprint density at radius 2 is 1.65 bits per heavy atom. The van der Waals surface area contributed by atoms with Gasteiger partial charge in [0.05, 0.1) is 12.5 Å². The molecule has 2 fully saturated rings. The van der Waals surface area contributed by atoms with Gasteiger partial charge in [-0.25, -0.2) is 0 Å². The maximum Gasteiger partial charge on any atom is 0.225 e. The monoisotopic (exact) mass is 377 g/mol. The lowest BCUT2D eigenvalue weighted by atomic mass is 9.71. The van der Waals surface area contributed by atoms with Crippen LogP contribution in [0.5, 0.6) is 0 Å². The average Bonchev–Trinajstić information content (AvgIpc) is 2.89. The molecule has 2 aliphatic rings. The summed E-state index contributed by atoms with van der Waals surface area (Å²) in [7, 11) is 2.15. The molecule has 1 aromatic carbocycles. The molecule has 0 saturated carbocycles. The topological polar surface area (TPSA) is 52.7 Å². The molecule has 2 saturated heterocycles.